The van der Waals surface area contributed by atoms with E-state index >= 15 is 0 Å². The van der Waals surface area contributed by atoms with Gasteiger partial charge in [-0.3, -0.25) is 0 Å². The minimum atomic E-state index is -0.276. The number of carbonyl (C=O) groups excluding carboxylic acids is 1. The molecule has 0 spiro atoms. The van der Waals surface area contributed by atoms with Crippen molar-refractivity contribution in [1.29, 1.82) is 0 Å². The van der Waals surface area contributed by atoms with Crippen molar-refractivity contribution in [2.75, 3.05) is 44.9 Å². The van der Waals surface area contributed by atoms with E-state index in [1.165, 1.54) is 17.9 Å². The van der Waals surface area contributed by atoms with Crippen LogP contribution in [0.3, 0.4) is 0 Å². The Hall–Kier alpha value is -0.260. The zero-order chi connectivity index (χ0) is 11.8. The van der Waals surface area contributed by atoms with Gasteiger partial charge >= 0.3 is 5.97 Å². The van der Waals surface area contributed by atoms with Crippen LogP contribution >= 0.6 is 11.8 Å². The minimum absolute atomic E-state index is 0.0705. The fourth-order valence-electron chi connectivity index (χ4n) is 1.62. The maximum absolute atomic E-state index is 11.0. The van der Waals surface area contributed by atoms with Crippen LogP contribution in [0.2, 0.25) is 0 Å². The molecule has 1 unspecified atom stereocenters. The van der Waals surface area contributed by atoms with Crippen LogP contribution in [0.4, 0.5) is 0 Å². The van der Waals surface area contributed by atoms with E-state index in [4.69, 9.17) is 9.47 Å². The molecule has 1 aliphatic rings. The van der Waals surface area contributed by atoms with Gasteiger partial charge in [-0.1, -0.05) is 0 Å². The Morgan fingerprint density at radius 3 is 3.00 bits per heavy atom. The molecule has 0 bridgehead atoms. The van der Waals surface area contributed by atoms with Crippen molar-refractivity contribution < 1.29 is 14.3 Å². The van der Waals surface area contributed by atoms with Crippen LogP contribution in [0.15, 0.2) is 0 Å². The van der Waals surface area contributed by atoms with E-state index in [1.807, 2.05) is 11.8 Å². The standard InChI is InChI=1S/C11H21NO3S/c1-3-15-11(13)8-14-6-5-12(2)10-4-7-16-9-10/h10H,3-9H2,1-2H3. The molecular formula is C11H21NO3S. The Bertz CT molecular complexity index is 207. The van der Waals surface area contributed by atoms with Crippen molar-refractivity contribution in [3.05, 3.63) is 0 Å². The van der Waals surface area contributed by atoms with E-state index in [2.05, 4.69) is 11.9 Å². The Morgan fingerprint density at radius 2 is 2.38 bits per heavy atom. The van der Waals surface area contributed by atoms with Gasteiger partial charge in [0.1, 0.15) is 6.61 Å². The zero-order valence-electron chi connectivity index (χ0n) is 10.1. The predicted octanol–water partition coefficient (Wildman–Crippen LogP) is 1.00. The summed E-state index contributed by atoms with van der Waals surface area (Å²) >= 11 is 2.00. The van der Waals surface area contributed by atoms with Crippen LogP contribution in [0.25, 0.3) is 0 Å². The molecule has 0 radical (unpaired) electrons. The Morgan fingerprint density at radius 1 is 1.56 bits per heavy atom. The van der Waals surface area contributed by atoms with Gasteiger partial charge in [0.25, 0.3) is 0 Å². The quantitative estimate of drug-likeness (QED) is 0.496. The monoisotopic (exact) mass is 247 g/mol. The van der Waals surface area contributed by atoms with Crippen LogP contribution in [-0.2, 0) is 14.3 Å². The molecule has 1 saturated heterocycles. The molecule has 0 N–H and O–H groups in total. The Kier molecular flexibility index (Phi) is 6.84. The highest BCUT2D eigenvalue weighted by molar-refractivity contribution is 7.99. The number of hydrogen-bond acceptors (Lipinski definition) is 5. The first-order valence-corrected chi connectivity index (χ1v) is 6.91. The second-order valence-corrected chi connectivity index (χ2v) is 5.01. The molecule has 0 aliphatic carbocycles. The Balaban J connectivity index is 1.99. The highest BCUT2D eigenvalue weighted by Crippen LogP contribution is 2.20. The van der Waals surface area contributed by atoms with Gasteiger partial charge in [-0.25, -0.2) is 4.79 Å². The molecule has 94 valence electrons. The highest BCUT2D eigenvalue weighted by Gasteiger charge is 2.19. The summed E-state index contributed by atoms with van der Waals surface area (Å²) in [6.07, 6.45) is 1.26. The predicted molar refractivity (Wildman–Crippen MR) is 65.8 cm³/mol. The van der Waals surface area contributed by atoms with Crippen molar-refractivity contribution in [3.63, 3.8) is 0 Å². The average Bonchev–Trinajstić information content (AvgIpc) is 2.78. The van der Waals surface area contributed by atoms with Crippen LogP contribution in [0.5, 0.6) is 0 Å². The largest absolute Gasteiger partial charge is 0.464 e. The van der Waals surface area contributed by atoms with E-state index in [9.17, 15) is 4.79 Å². The molecule has 4 nitrogen and oxygen atoms in total. The SMILES string of the molecule is CCOC(=O)COCCN(C)C1CCSC1. The van der Waals surface area contributed by atoms with Gasteiger partial charge in [0, 0.05) is 18.3 Å². The van der Waals surface area contributed by atoms with Gasteiger partial charge in [0.05, 0.1) is 13.2 Å². The number of nitrogens with zero attached hydrogens (tertiary/aromatic N) is 1. The van der Waals surface area contributed by atoms with Gasteiger partial charge in [-0.2, -0.15) is 11.8 Å². The summed E-state index contributed by atoms with van der Waals surface area (Å²) in [4.78, 5) is 13.3. The molecule has 1 atom stereocenters. The lowest BCUT2D eigenvalue weighted by atomic mass is 10.2. The summed E-state index contributed by atoms with van der Waals surface area (Å²) in [5.74, 6) is 2.20. The van der Waals surface area contributed by atoms with Crippen LogP contribution in [0, 0.1) is 0 Å². The molecule has 0 saturated carbocycles. The van der Waals surface area contributed by atoms with Crippen LogP contribution < -0.4 is 0 Å². The third-order valence-corrected chi connectivity index (χ3v) is 3.79. The molecule has 1 fully saturated rings. The first-order valence-electron chi connectivity index (χ1n) is 5.75. The maximum Gasteiger partial charge on any atom is 0.332 e. The summed E-state index contributed by atoms with van der Waals surface area (Å²) in [7, 11) is 2.12. The van der Waals surface area contributed by atoms with Gasteiger partial charge in [0.15, 0.2) is 0 Å². The molecular weight excluding hydrogens is 226 g/mol. The van der Waals surface area contributed by atoms with Gasteiger partial charge in [0.2, 0.25) is 0 Å². The lowest BCUT2D eigenvalue weighted by molar-refractivity contribution is -0.148. The molecule has 5 heteroatoms. The molecule has 1 aliphatic heterocycles. The minimum Gasteiger partial charge on any atom is -0.464 e. The Labute approximate surface area is 102 Å². The van der Waals surface area contributed by atoms with Crippen molar-refractivity contribution in [3.8, 4) is 0 Å². The number of rotatable bonds is 7. The number of thioether (sulfide) groups is 1. The second kappa shape index (κ2) is 7.92. The van der Waals surface area contributed by atoms with E-state index in [0.29, 0.717) is 19.3 Å². The molecule has 1 heterocycles. The number of carbonyl (C=O) groups is 1. The molecule has 0 aromatic heterocycles. The van der Waals surface area contributed by atoms with Crippen LogP contribution in [0.1, 0.15) is 13.3 Å². The summed E-state index contributed by atoms with van der Waals surface area (Å²) in [5, 5.41) is 0. The first kappa shape index (κ1) is 13.8. The fraction of sp³-hybridized carbons (Fsp3) is 0.909. The number of esters is 1. The smallest absolute Gasteiger partial charge is 0.332 e. The first-order chi connectivity index (χ1) is 7.74. The van der Waals surface area contributed by atoms with E-state index in [0.717, 1.165) is 6.54 Å². The molecule has 1 rings (SSSR count). The second-order valence-electron chi connectivity index (χ2n) is 3.86. The van der Waals surface area contributed by atoms with Crippen molar-refractivity contribution >= 4 is 17.7 Å². The number of likely N-dealkylation sites (N-methyl/N-ethyl adjacent to an activating group) is 1. The topological polar surface area (TPSA) is 38.8 Å². The van der Waals surface area contributed by atoms with Crippen molar-refractivity contribution in [2.24, 2.45) is 0 Å². The van der Waals surface area contributed by atoms with E-state index in [-0.39, 0.29) is 12.6 Å². The van der Waals surface area contributed by atoms with Crippen molar-refractivity contribution in [1.82, 2.24) is 4.90 Å². The summed E-state index contributed by atoms with van der Waals surface area (Å²) in [6.45, 7) is 3.76. The summed E-state index contributed by atoms with van der Waals surface area (Å²) in [5.41, 5.74) is 0. The lowest BCUT2D eigenvalue weighted by Crippen LogP contribution is -2.34. The van der Waals surface area contributed by atoms with Gasteiger partial charge in [-0.15, -0.1) is 0 Å². The summed E-state index contributed by atoms with van der Waals surface area (Å²) < 4.78 is 10.0. The van der Waals surface area contributed by atoms with Gasteiger partial charge in [-0.05, 0) is 26.1 Å². The molecule has 0 aromatic rings. The van der Waals surface area contributed by atoms with E-state index in [1.54, 1.807) is 6.92 Å². The fourth-order valence-corrected chi connectivity index (χ4v) is 2.92. The summed E-state index contributed by atoms with van der Waals surface area (Å²) in [6, 6.07) is 0.677. The third-order valence-electron chi connectivity index (χ3n) is 2.64. The van der Waals surface area contributed by atoms with Crippen molar-refractivity contribution in [2.45, 2.75) is 19.4 Å². The van der Waals surface area contributed by atoms with E-state index < -0.39 is 0 Å². The number of hydrogen-bond donors (Lipinski definition) is 0. The van der Waals surface area contributed by atoms with Gasteiger partial charge < -0.3 is 14.4 Å². The third kappa shape index (κ3) is 5.18. The zero-order valence-corrected chi connectivity index (χ0v) is 10.9. The maximum atomic E-state index is 11.0. The molecule has 16 heavy (non-hydrogen) atoms. The van der Waals surface area contributed by atoms with Crippen LogP contribution in [-0.4, -0.2) is 61.8 Å². The average molecular weight is 247 g/mol. The highest BCUT2D eigenvalue weighted by atomic mass is 32.2. The number of ether oxygens (including phenoxy) is 2. The molecule has 0 aromatic carbocycles. The lowest BCUT2D eigenvalue weighted by Gasteiger charge is -2.22. The normalized spacial score (nSPS) is 20.3. The molecule has 0 amide bonds.